The second kappa shape index (κ2) is 10.1. The summed E-state index contributed by atoms with van der Waals surface area (Å²) in [6.07, 6.45) is 3.26. The Morgan fingerprint density at radius 3 is 2.48 bits per heavy atom. The van der Waals surface area contributed by atoms with E-state index in [4.69, 9.17) is 19.2 Å². The van der Waals surface area contributed by atoms with Crippen LogP contribution in [0.3, 0.4) is 0 Å². The van der Waals surface area contributed by atoms with Gasteiger partial charge in [-0.3, -0.25) is 19.5 Å². The summed E-state index contributed by atoms with van der Waals surface area (Å²) in [7, 11) is 4.56. The molecule has 0 spiro atoms. The number of allylic oxidation sites excluding steroid dienone is 1. The average molecular weight is 556 g/mol. The lowest BCUT2D eigenvalue weighted by Crippen LogP contribution is -2.38. The number of thiazole rings is 1. The van der Waals surface area contributed by atoms with Crippen LogP contribution >= 0.6 is 11.3 Å². The van der Waals surface area contributed by atoms with E-state index in [2.05, 4.69) is 12.1 Å². The van der Waals surface area contributed by atoms with Gasteiger partial charge in [-0.1, -0.05) is 47.7 Å². The highest BCUT2D eigenvalue weighted by atomic mass is 32.1. The standard InChI is InChI=1S/C30H25N3O6S/c1-37-23-12-8-17(14-22(23)33(35)36)15-26-29(34)32-28(19-10-13-24(38-2)25(16-19)39-3)21-11-9-18-6-4-5-7-20(18)27(21)31-30(32)40-26/h4-8,10,12-16,28H,9,11H2,1-3H3/b26-15-/t28-/m0/s1. The smallest absolute Gasteiger partial charge is 0.311 e. The van der Waals surface area contributed by atoms with Crippen molar-refractivity contribution >= 4 is 28.8 Å². The van der Waals surface area contributed by atoms with Gasteiger partial charge in [0.15, 0.2) is 22.0 Å². The van der Waals surface area contributed by atoms with Gasteiger partial charge in [0.1, 0.15) is 0 Å². The van der Waals surface area contributed by atoms with E-state index in [-0.39, 0.29) is 17.0 Å². The van der Waals surface area contributed by atoms with E-state index in [1.54, 1.807) is 30.9 Å². The number of rotatable bonds is 6. The molecule has 1 aliphatic heterocycles. The topological polar surface area (TPSA) is 105 Å². The van der Waals surface area contributed by atoms with Crippen LogP contribution in [0.5, 0.6) is 17.2 Å². The summed E-state index contributed by atoms with van der Waals surface area (Å²) in [5.74, 6) is 1.33. The summed E-state index contributed by atoms with van der Waals surface area (Å²) < 4.78 is 18.3. The third kappa shape index (κ3) is 4.17. The fraction of sp³-hybridized carbons (Fsp3) is 0.200. The Kier molecular flexibility index (Phi) is 6.47. The Morgan fingerprint density at radius 2 is 1.73 bits per heavy atom. The number of fused-ring (bicyclic) bond motifs is 3. The maximum atomic E-state index is 14.0. The molecule has 40 heavy (non-hydrogen) atoms. The van der Waals surface area contributed by atoms with Crippen molar-refractivity contribution < 1.29 is 19.1 Å². The number of benzene rings is 3. The molecule has 4 aromatic rings. The molecule has 202 valence electrons. The van der Waals surface area contributed by atoms with Crippen LogP contribution in [-0.2, 0) is 6.42 Å². The van der Waals surface area contributed by atoms with Crippen LogP contribution in [0.4, 0.5) is 5.69 Å². The number of hydrogen-bond donors (Lipinski definition) is 0. The van der Waals surface area contributed by atoms with Crippen LogP contribution in [0.1, 0.15) is 34.7 Å². The molecular weight excluding hydrogens is 530 g/mol. The van der Waals surface area contributed by atoms with Crippen LogP contribution in [0.25, 0.3) is 11.8 Å². The van der Waals surface area contributed by atoms with E-state index in [1.807, 2.05) is 30.3 Å². The first kappa shape index (κ1) is 25.6. The van der Waals surface area contributed by atoms with E-state index in [0.717, 1.165) is 35.2 Å². The first-order valence-electron chi connectivity index (χ1n) is 12.6. The highest BCUT2D eigenvalue weighted by Gasteiger charge is 2.33. The van der Waals surface area contributed by atoms with Crippen molar-refractivity contribution in [3.05, 3.63) is 118 Å². The van der Waals surface area contributed by atoms with Gasteiger partial charge in [-0.05, 0) is 59.4 Å². The minimum atomic E-state index is -0.500. The maximum absolute atomic E-state index is 14.0. The average Bonchev–Trinajstić information content (AvgIpc) is 3.29. The van der Waals surface area contributed by atoms with E-state index in [9.17, 15) is 14.9 Å². The Balaban J connectivity index is 1.59. The number of ether oxygens (including phenoxy) is 3. The summed E-state index contributed by atoms with van der Waals surface area (Å²) in [5, 5.41) is 11.6. The lowest BCUT2D eigenvalue weighted by molar-refractivity contribution is -0.385. The molecule has 0 fully saturated rings. The summed E-state index contributed by atoms with van der Waals surface area (Å²) in [5.41, 5.74) is 5.26. The van der Waals surface area contributed by atoms with Gasteiger partial charge >= 0.3 is 5.69 Å². The van der Waals surface area contributed by atoms with Gasteiger partial charge in [-0.15, -0.1) is 0 Å². The summed E-state index contributed by atoms with van der Waals surface area (Å²) in [6.45, 7) is 0. The van der Waals surface area contributed by atoms with Crippen molar-refractivity contribution in [2.75, 3.05) is 21.3 Å². The zero-order valence-corrected chi connectivity index (χ0v) is 22.9. The molecule has 0 unspecified atom stereocenters. The molecule has 0 saturated heterocycles. The number of nitro groups is 1. The zero-order chi connectivity index (χ0) is 28.0. The molecule has 0 amide bonds. The molecule has 1 aromatic heterocycles. The minimum absolute atomic E-state index is 0.156. The first-order chi connectivity index (χ1) is 19.4. The highest BCUT2D eigenvalue weighted by molar-refractivity contribution is 7.07. The number of aryl methyl sites for hydroxylation is 1. The lowest BCUT2D eigenvalue weighted by Gasteiger charge is -2.31. The quantitative estimate of drug-likeness (QED) is 0.260. The van der Waals surface area contributed by atoms with Crippen molar-refractivity contribution in [3.63, 3.8) is 0 Å². The molecular formula is C30H25N3O6S. The first-order valence-corrected chi connectivity index (χ1v) is 13.4. The number of aromatic nitrogens is 1. The van der Waals surface area contributed by atoms with E-state index in [0.29, 0.717) is 26.4 Å². The maximum Gasteiger partial charge on any atom is 0.311 e. The molecule has 1 atom stereocenters. The predicted octanol–water partition coefficient (Wildman–Crippen LogP) is 4.25. The highest BCUT2D eigenvalue weighted by Crippen LogP contribution is 2.42. The molecule has 0 N–H and O–H groups in total. The van der Waals surface area contributed by atoms with Crippen molar-refractivity contribution in [1.82, 2.24) is 4.57 Å². The van der Waals surface area contributed by atoms with Crippen LogP contribution in [0.15, 0.2) is 76.0 Å². The molecule has 0 bridgehead atoms. The van der Waals surface area contributed by atoms with Gasteiger partial charge in [-0.25, -0.2) is 4.99 Å². The third-order valence-corrected chi connectivity index (χ3v) is 8.28. The Hall–Kier alpha value is -4.70. The van der Waals surface area contributed by atoms with Gasteiger partial charge in [0.2, 0.25) is 0 Å². The van der Waals surface area contributed by atoms with E-state index >= 15 is 0 Å². The largest absolute Gasteiger partial charge is 0.493 e. The second-order valence-corrected chi connectivity index (χ2v) is 10.4. The van der Waals surface area contributed by atoms with Crippen molar-refractivity contribution in [2.24, 2.45) is 4.99 Å². The second-order valence-electron chi connectivity index (χ2n) is 9.42. The number of nitro benzene ring substituents is 1. The molecule has 2 aliphatic rings. The fourth-order valence-electron chi connectivity index (χ4n) is 5.44. The van der Waals surface area contributed by atoms with Crippen molar-refractivity contribution in [1.29, 1.82) is 0 Å². The molecule has 10 heteroatoms. The predicted molar refractivity (Wildman–Crippen MR) is 152 cm³/mol. The van der Waals surface area contributed by atoms with Gasteiger partial charge in [0.05, 0.1) is 42.5 Å². The van der Waals surface area contributed by atoms with Gasteiger partial charge in [-0.2, -0.15) is 0 Å². The normalized spacial score (nSPS) is 16.0. The van der Waals surface area contributed by atoms with Gasteiger partial charge in [0, 0.05) is 11.6 Å². The zero-order valence-electron chi connectivity index (χ0n) is 22.0. The third-order valence-electron chi connectivity index (χ3n) is 7.29. The summed E-state index contributed by atoms with van der Waals surface area (Å²) >= 11 is 1.26. The lowest BCUT2D eigenvalue weighted by atomic mass is 9.83. The van der Waals surface area contributed by atoms with Crippen molar-refractivity contribution in [2.45, 2.75) is 18.9 Å². The van der Waals surface area contributed by atoms with Gasteiger partial charge < -0.3 is 14.2 Å². The Bertz CT molecular complexity index is 1890. The molecule has 3 aromatic carbocycles. The molecule has 6 rings (SSSR count). The number of nitrogens with zero attached hydrogens (tertiary/aromatic N) is 3. The molecule has 0 saturated carbocycles. The molecule has 0 radical (unpaired) electrons. The Morgan fingerprint density at radius 1 is 0.975 bits per heavy atom. The van der Waals surface area contributed by atoms with Gasteiger partial charge in [0.25, 0.3) is 5.56 Å². The van der Waals surface area contributed by atoms with Crippen LogP contribution < -0.4 is 29.1 Å². The van der Waals surface area contributed by atoms with Crippen LogP contribution in [0, 0.1) is 10.1 Å². The monoisotopic (exact) mass is 555 g/mol. The fourth-order valence-corrected chi connectivity index (χ4v) is 6.44. The van der Waals surface area contributed by atoms with Crippen LogP contribution in [-0.4, -0.2) is 30.8 Å². The van der Waals surface area contributed by atoms with E-state index in [1.165, 1.54) is 36.1 Å². The van der Waals surface area contributed by atoms with Crippen molar-refractivity contribution in [3.8, 4) is 17.2 Å². The van der Waals surface area contributed by atoms with E-state index < -0.39 is 11.0 Å². The number of methoxy groups -OCH3 is 3. The molecule has 9 nitrogen and oxygen atoms in total. The van der Waals surface area contributed by atoms with Crippen LogP contribution in [0.2, 0.25) is 0 Å². The number of hydrogen-bond acceptors (Lipinski definition) is 8. The Labute approximate surface area is 233 Å². The summed E-state index contributed by atoms with van der Waals surface area (Å²) in [4.78, 5) is 30.6. The molecule has 1 aliphatic carbocycles. The SMILES string of the molecule is COc1ccc([C@H]2C3=C(N=c4s/c(=C\c5ccc(OC)c([N+](=O)[O-])c5)c(=O)n42)c2ccccc2CC3)cc1OC. The minimum Gasteiger partial charge on any atom is -0.493 e. The molecule has 2 heterocycles. The summed E-state index contributed by atoms with van der Waals surface area (Å²) in [6, 6.07) is 18.2.